The highest BCUT2D eigenvalue weighted by molar-refractivity contribution is 6.01. The highest BCUT2D eigenvalue weighted by Gasteiger charge is 2.76. The molecule has 13 atom stereocenters. The molecule has 10 nitrogen and oxygen atoms in total. The molecule has 3 saturated carbocycles. The SMILES string of the molecule is COc1ccc2c3c1O[C@H]1[C@@H](O)C=C[C@H]4[C@@H](C2)N(C)CC[C@@]341.C[C@]12C=CC(=O)C=C1CC[C@H]1[C@@H]3C[C@@H](O)[C@](O)(C(=O)CO)[C@@]3(C)C[C@H](O)[C@@]12F. The number of likely N-dealkylation sites (tertiary alicyclic amines) is 1. The van der Waals surface area contributed by atoms with Gasteiger partial charge in [0.15, 0.2) is 34.3 Å². The quantitative estimate of drug-likeness (QED) is 0.297. The largest absolute Gasteiger partial charge is 0.493 e. The van der Waals surface area contributed by atoms with Crippen LogP contribution in [0.2, 0.25) is 0 Å². The number of carbonyl (C=O) groups is 2. The van der Waals surface area contributed by atoms with Gasteiger partial charge in [-0.3, -0.25) is 9.59 Å². The second-order valence-electron chi connectivity index (χ2n) is 16.5. The van der Waals surface area contributed by atoms with Gasteiger partial charge in [0, 0.05) is 39.7 Å². The number of ether oxygens (including phenoxy) is 2. The van der Waals surface area contributed by atoms with Crippen molar-refractivity contribution >= 4 is 11.6 Å². The zero-order chi connectivity index (χ0) is 35.8. The Bertz CT molecular complexity index is 1740. The van der Waals surface area contributed by atoms with Gasteiger partial charge in [-0.05, 0) is 88.7 Å². The predicted octanol–water partition coefficient (Wildman–Crippen LogP) is 2.12. The Labute approximate surface area is 291 Å². The first-order valence-electron chi connectivity index (χ1n) is 17.9. The number of nitrogens with zero attached hydrogens (tertiary/aromatic N) is 1. The Kier molecular flexibility index (Phi) is 7.54. The number of fused-ring (bicyclic) bond motifs is 5. The molecule has 1 aromatic rings. The summed E-state index contributed by atoms with van der Waals surface area (Å²) in [5.41, 5.74) is -3.52. The number of rotatable bonds is 3. The maximum absolute atomic E-state index is 16.8. The van der Waals surface area contributed by atoms with Gasteiger partial charge < -0.3 is 39.9 Å². The maximum atomic E-state index is 16.8. The summed E-state index contributed by atoms with van der Waals surface area (Å²) in [6.45, 7) is 3.39. The van der Waals surface area contributed by atoms with Gasteiger partial charge in [0.1, 0.15) is 18.8 Å². The second kappa shape index (κ2) is 11.0. The average Bonchev–Trinajstić information content (AvgIpc) is 3.54. The number of methoxy groups -OCH3 is 1. The normalized spacial score (nSPS) is 47.5. The first kappa shape index (κ1) is 34.2. The highest BCUT2D eigenvalue weighted by atomic mass is 19.1. The molecule has 2 aliphatic heterocycles. The van der Waals surface area contributed by atoms with Gasteiger partial charge in [-0.1, -0.05) is 36.8 Å². The van der Waals surface area contributed by atoms with Gasteiger partial charge in [0.2, 0.25) is 0 Å². The Balaban J connectivity index is 0.000000148. The van der Waals surface area contributed by atoms with Crippen LogP contribution in [0.1, 0.15) is 57.1 Å². The lowest BCUT2D eigenvalue weighted by molar-refractivity contribution is -0.222. The number of aliphatic hydroxyl groups excluding tert-OH is 4. The molecular weight excluding hydrogens is 645 g/mol. The molecule has 6 aliphatic carbocycles. The molecule has 50 heavy (non-hydrogen) atoms. The van der Waals surface area contributed by atoms with E-state index in [1.165, 1.54) is 29.4 Å². The van der Waals surface area contributed by atoms with Crippen LogP contribution in [0.4, 0.5) is 4.39 Å². The monoisotopic (exact) mass is 693 g/mol. The molecule has 2 bridgehead atoms. The van der Waals surface area contributed by atoms with Gasteiger partial charge in [-0.2, -0.15) is 0 Å². The fourth-order valence-corrected chi connectivity index (χ4v) is 12.2. The molecule has 1 saturated heterocycles. The molecule has 0 radical (unpaired) electrons. The van der Waals surface area contributed by atoms with Crippen molar-refractivity contribution in [3.8, 4) is 11.5 Å². The standard InChI is InChI=1S/C21H27FO6.C18H21NO3/c1-18-6-5-12(24)7-11(18)3-4-13-14-8-15(25)21(28,17(27)10-23)19(14,2)9-16(26)20(13,18)22;1-19-8-7-18-11-4-5-13(20)17(18)22-16-14(21-2)6-3-10(15(16)18)9-12(11)19/h5-7,13-16,23,25-26,28H,3-4,8-10H2,1-2H3;3-6,11-13,17,20H,7-9H2,1-2H3/t13-,14-,15+,16-,18-,19-,20-,21-;11-,12+,13-,17-,18-/m00/s1. The highest BCUT2D eigenvalue weighted by Crippen LogP contribution is 2.70. The number of ketones is 2. The summed E-state index contributed by atoms with van der Waals surface area (Å²) >= 11 is 0. The van der Waals surface area contributed by atoms with E-state index in [4.69, 9.17) is 9.47 Å². The summed E-state index contributed by atoms with van der Waals surface area (Å²) in [5, 5.41) is 52.7. The molecule has 9 rings (SSSR count). The number of alkyl halides is 1. The van der Waals surface area contributed by atoms with Gasteiger partial charge in [0.05, 0.1) is 19.3 Å². The first-order valence-corrected chi connectivity index (χ1v) is 17.9. The van der Waals surface area contributed by atoms with Crippen molar-refractivity contribution in [2.45, 2.75) is 99.5 Å². The molecule has 0 amide bonds. The summed E-state index contributed by atoms with van der Waals surface area (Å²) < 4.78 is 28.6. The summed E-state index contributed by atoms with van der Waals surface area (Å²) in [6, 6.07) is 4.70. The van der Waals surface area contributed by atoms with Crippen LogP contribution in [0.15, 0.2) is 48.1 Å². The van der Waals surface area contributed by atoms with Crippen LogP contribution in [0.3, 0.4) is 0 Å². The lowest BCUT2D eigenvalue weighted by Gasteiger charge is -2.62. The molecule has 1 aromatic carbocycles. The Morgan fingerprint density at radius 3 is 2.62 bits per heavy atom. The maximum Gasteiger partial charge on any atom is 0.192 e. The van der Waals surface area contributed by atoms with Crippen LogP contribution < -0.4 is 9.47 Å². The average molecular weight is 694 g/mol. The van der Waals surface area contributed by atoms with Crippen molar-refractivity contribution < 1.29 is 49.0 Å². The topological polar surface area (TPSA) is 157 Å². The molecule has 270 valence electrons. The minimum absolute atomic E-state index is 0.0135. The number of Topliss-reactive ketones (excluding diaryl/α,β-unsaturated/α-hetero) is 1. The summed E-state index contributed by atoms with van der Waals surface area (Å²) in [7, 11) is 3.91. The molecule has 4 fully saturated rings. The molecule has 1 spiro atoms. The number of allylic oxidation sites excluding steroid dienone is 4. The molecule has 0 unspecified atom stereocenters. The number of hydrogen-bond acceptors (Lipinski definition) is 10. The van der Waals surface area contributed by atoms with E-state index in [1.54, 1.807) is 21.0 Å². The van der Waals surface area contributed by atoms with E-state index in [2.05, 4.69) is 24.1 Å². The van der Waals surface area contributed by atoms with Gasteiger partial charge in [0.25, 0.3) is 0 Å². The van der Waals surface area contributed by atoms with Gasteiger partial charge in [-0.25, -0.2) is 4.39 Å². The zero-order valence-electron chi connectivity index (χ0n) is 29.0. The first-order chi connectivity index (χ1) is 23.6. The van der Waals surface area contributed by atoms with Crippen LogP contribution >= 0.6 is 0 Å². The smallest absolute Gasteiger partial charge is 0.192 e. The van der Waals surface area contributed by atoms with Crippen LogP contribution in [-0.2, 0) is 21.4 Å². The number of likely N-dealkylation sites (N-methyl/N-ethyl adjacent to an activating group) is 1. The Morgan fingerprint density at radius 2 is 1.90 bits per heavy atom. The van der Waals surface area contributed by atoms with Crippen LogP contribution in [-0.4, -0.2) is 111 Å². The fraction of sp³-hybridized carbons (Fsp3) is 0.641. The number of hydrogen-bond donors (Lipinski definition) is 5. The lowest BCUT2D eigenvalue weighted by atomic mass is 9.44. The molecule has 0 aromatic heterocycles. The molecule has 8 aliphatic rings. The minimum Gasteiger partial charge on any atom is -0.493 e. The van der Waals surface area contributed by atoms with Gasteiger partial charge >= 0.3 is 0 Å². The van der Waals surface area contributed by atoms with Crippen molar-refractivity contribution in [2.75, 3.05) is 27.3 Å². The van der Waals surface area contributed by atoms with Crippen molar-refractivity contribution in [1.82, 2.24) is 4.90 Å². The third-order valence-corrected chi connectivity index (χ3v) is 14.8. The van der Waals surface area contributed by atoms with E-state index in [1.807, 2.05) is 12.1 Å². The van der Waals surface area contributed by atoms with Crippen LogP contribution in [0.25, 0.3) is 0 Å². The van der Waals surface area contributed by atoms with Crippen molar-refractivity contribution in [3.05, 3.63) is 59.2 Å². The van der Waals surface area contributed by atoms with Crippen molar-refractivity contribution in [1.29, 1.82) is 0 Å². The summed E-state index contributed by atoms with van der Waals surface area (Å²) in [6.07, 6.45) is 7.47. The third-order valence-electron chi connectivity index (χ3n) is 14.8. The number of halogens is 1. The third kappa shape index (κ3) is 3.94. The summed E-state index contributed by atoms with van der Waals surface area (Å²) in [5.74, 6) is -0.289. The van der Waals surface area contributed by atoms with Crippen molar-refractivity contribution in [3.63, 3.8) is 0 Å². The Morgan fingerprint density at radius 1 is 1.14 bits per heavy atom. The molecule has 11 heteroatoms. The zero-order valence-corrected chi connectivity index (χ0v) is 29.0. The van der Waals surface area contributed by atoms with Crippen molar-refractivity contribution in [2.24, 2.45) is 28.6 Å². The summed E-state index contributed by atoms with van der Waals surface area (Å²) in [4.78, 5) is 26.7. The molecular formula is C39H48FNO9. The number of piperidine rings is 1. The van der Waals surface area contributed by atoms with Crippen LogP contribution in [0.5, 0.6) is 11.5 Å². The van der Waals surface area contributed by atoms with E-state index in [-0.39, 0.29) is 30.1 Å². The van der Waals surface area contributed by atoms with E-state index < -0.39 is 64.6 Å². The number of aliphatic hydroxyl groups is 5. The predicted molar refractivity (Wildman–Crippen MR) is 179 cm³/mol. The molecule has 5 N–H and O–H groups in total. The van der Waals surface area contributed by atoms with E-state index in [9.17, 15) is 35.1 Å². The van der Waals surface area contributed by atoms with Crippen LogP contribution in [0, 0.1) is 28.6 Å². The number of carbonyl (C=O) groups excluding carboxylic acids is 2. The Hall–Kier alpha value is -2.93. The minimum atomic E-state index is -2.23. The lowest BCUT2D eigenvalue weighted by Crippen LogP contribution is -2.69. The van der Waals surface area contributed by atoms with Gasteiger partial charge in [-0.15, -0.1) is 0 Å². The van der Waals surface area contributed by atoms with E-state index >= 15 is 4.39 Å². The molecule has 2 heterocycles. The number of benzene rings is 1. The van der Waals surface area contributed by atoms with E-state index in [0.717, 1.165) is 30.9 Å². The second-order valence-corrected chi connectivity index (χ2v) is 16.5. The fourth-order valence-electron chi connectivity index (χ4n) is 12.2. The van der Waals surface area contributed by atoms with E-state index in [0.29, 0.717) is 30.4 Å².